The number of hydrogen-bond donors (Lipinski definition) is 2. The lowest BCUT2D eigenvalue weighted by molar-refractivity contribution is 0.277. The van der Waals surface area contributed by atoms with E-state index in [1.807, 2.05) is 5.51 Å². The van der Waals surface area contributed by atoms with Crippen molar-refractivity contribution in [3.05, 3.63) is 16.1 Å². The van der Waals surface area contributed by atoms with Crippen molar-refractivity contribution in [2.75, 3.05) is 6.54 Å². The molecule has 1 aliphatic carbocycles. The summed E-state index contributed by atoms with van der Waals surface area (Å²) in [6, 6.07) is 0.363. The topological polar surface area (TPSA) is 50.9 Å². The van der Waals surface area contributed by atoms with E-state index in [2.05, 4.69) is 24.1 Å². The zero-order chi connectivity index (χ0) is 11.6. The third kappa shape index (κ3) is 2.44. The Bertz CT molecular complexity index is 350. The fourth-order valence-electron chi connectivity index (χ4n) is 2.44. The molecule has 2 atom stereocenters. The van der Waals surface area contributed by atoms with Crippen LogP contribution in [0.5, 0.6) is 0 Å². The van der Waals surface area contributed by atoms with Gasteiger partial charge in [0.15, 0.2) is 0 Å². The van der Waals surface area contributed by atoms with Gasteiger partial charge in [-0.1, -0.05) is 13.3 Å². The van der Waals surface area contributed by atoms with Crippen LogP contribution in [0.4, 0.5) is 0 Å². The summed E-state index contributed by atoms with van der Waals surface area (Å²) in [5, 5.41) is 3.53. The molecule has 3 nitrogen and oxygen atoms in total. The minimum Gasteiger partial charge on any atom is -0.327 e. The predicted molar refractivity (Wildman–Crippen MR) is 68.5 cm³/mol. The molecule has 0 amide bonds. The number of rotatable bonds is 4. The first-order valence-corrected chi connectivity index (χ1v) is 6.85. The summed E-state index contributed by atoms with van der Waals surface area (Å²) in [7, 11) is 0. The second kappa shape index (κ2) is 4.82. The fraction of sp³-hybridized carbons (Fsp3) is 0.750. The molecule has 0 aromatic carbocycles. The number of nitrogens with one attached hydrogen (secondary N) is 1. The Morgan fingerprint density at radius 2 is 2.50 bits per heavy atom. The maximum Gasteiger partial charge on any atom is 0.0798 e. The third-order valence-electron chi connectivity index (χ3n) is 3.82. The van der Waals surface area contributed by atoms with Gasteiger partial charge >= 0.3 is 0 Å². The molecule has 1 saturated carbocycles. The standard InChI is InChI=1S/C12H21N3S/c1-9-10(16-8-15-9)6-14-7-12(2)5-3-4-11(12)13/h8,11,14H,3-7,13H2,1-2H3. The summed E-state index contributed by atoms with van der Waals surface area (Å²) in [6.07, 6.45) is 3.71. The quantitative estimate of drug-likeness (QED) is 0.845. The molecule has 1 fully saturated rings. The van der Waals surface area contributed by atoms with E-state index >= 15 is 0 Å². The van der Waals surface area contributed by atoms with Crippen LogP contribution in [-0.4, -0.2) is 17.6 Å². The Kier molecular flexibility index (Phi) is 3.62. The Morgan fingerprint density at radius 1 is 1.69 bits per heavy atom. The van der Waals surface area contributed by atoms with Gasteiger partial charge in [-0.15, -0.1) is 11.3 Å². The zero-order valence-electron chi connectivity index (χ0n) is 10.1. The summed E-state index contributed by atoms with van der Waals surface area (Å²) in [4.78, 5) is 5.60. The van der Waals surface area contributed by atoms with Crippen LogP contribution in [-0.2, 0) is 6.54 Å². The molecule has 4 heteroatoms. The highest BCUT2D eigenvalue weighted by molar-refractivity contribution is 7.09. The Hall–Kier alpha value is -0.450. The highest BCUT2D eigenvalue weighted by atomic mass is 32.1. The molecular weight excluding hydrogens is 218 g/mol. The average Bonchev–Trinajstić information content (AvgIpc) is 2.77. The van der Waals surface area contributed by atoms with Gasteiger partial charge in [0.1, 0.15) is 0 Å². The number of hydrogen-bond acceptors (Lipinski definition) is 4. The van der Waals surface area contributed by atoms with Crippen LogP contribution in [0.15, 0.2) is 5.51 Å². The van der Waals surface area contributed by atoms with Crippen LogP contribution < -0.4 is 11.1 Å². The molecule has 0 radical (unpaired) electrons. The summed E-state index contributed by atoms with van der Waals surface area (Å²) in [5.41, 5.74) is 9.51. The van der Waals surface area contributed by atoms with E-state index in [-0.39, 0.29) is 0 Å². The van der Waals surface area contributed by atoms with Crippen LogP contribution >= 0.6 is 11.3 Å². The molecule has 3 N–H and O–H groups in total. The van der Waals surface area contributed by atoms with Gasteiger partial charge in [-0.3, -0.25) is 0 Å². The molecular formula is C12H21N3S. The molecule has 1 aliphatic rings. The molecule has 0 saturated heterocycles. The van der Waals surface area contributed by atoms with Crippen molar-refractivity contribution >= 4 is 11.3 Å². The van der Waals surface area contributed by atoms with Gasteiger partial charge in [0.25, 0.3) is 0 Å². The van der Waals surface area contributed by atoms with Gasteiger partial charge < -0.3 is 11.1 Å². The summed E-state index contributed by atoms with van der Waals surface area (Å²) in [6.45, 7) is 6.32. The smallest absolute Gasteiger partial charge is 0.0798 e. The molecule has 0 bridgehead atoms. The Labute approximate surface area is 101 Å². The molecule has 1 aromatic heterocycles. The highest BCUT2D eigenvalue weighted by Crippen LogP contribution is 2.35. The van der Waals surface area contributed by atoms with E-state index in [1.165, 1.54) is 24.1 Å². The van der Waals surface area contributed by atoms with Crippen LogP contribution in [0.3, 0.4) is 0 Å². The van der Waals surface area contributed by atoms with Gasteiger partial charge in [0, 0.05) is 24.0 Å². The normalized spacial score (nSPS) is 29.8. The van der Waals surface area contributed by atoms with E-state index in [0.29, 0.717) is 11.5 Å². The Morgan fingerprint density at radius 3 is 3.06 bits per heavy atom. The van der Waals surface area contributed by atoms with Gasteiger partial charge in [-0.25, -0.2) is 4.98 Å². The molecule has 1 heterocycles. The lowest BCUT2D eigenvalue weighted by Gasteiger charge is -2.29. The van der Waals surface area contributed by atoms with Gasteiger partial charge in [-0.2, -0.15) is 0 Å². The number of aryl methyl sites for hydroxylation is 1. The van der Waals surface area contributed by atoms with Crippen LogP contribution in [0, 0.1) is 12.3 Å². The molecule has 1 aromatic rings. The second-order valence-electron chi connectivity index (χ2n) is 5.12. The molecule has 16 heavy (non-hydrogen) atoms. The van der Waals surface area contributed by atoms with E-state index < -0.39 is 0 Å². The zero-order valence-corrected chi connectivity index (χ0v) is 10.9. The monoisotopic (exact) mass is 239 g/mol. The van der Waals surface area contributed by atoms with Crippen molar-refractivity contribution < 1.29 is 0 Å². The van der Waals surface area contributed by atoms with Crippen molar-refractivity contribution in [3.63, 3.8) is 0 Å². The van der Waals surface area contributed by atoms with E-state index in [9.17, 15) is 0 Å². The fourth-order valence-corrected chi connectivity index (χ4v) is 3.18. The average molecular weight is 239 g/mol. The van der Waals surface area contributed by atoms with Gasteiger partial charge in [0.05, 0.1) is 11.2 Å². The Balaban J connectivity index is 1.82. The summed E-state index contributed by atoms with van der Waals surface area (Å²) < 4.78 is 0. The summed E-state index contributed by atoms with van der Waals surface area (Å²) in [5.74, 6) is 0. The lowest BCUT2D eigenvalue weighted by atomic mass is 9.85. The van der Waals surface area contributed by atoms with Crippen LogP contribution in [0.1, 0.15) is 36.8 Å². The van der Waals surface area contributed by atoms with Gasteiger partial charge in [-0.05, 0) is 25.2 Å². The van der Waals surface area contributed by atoms with E-state index in [1.54, 1.807) is 11.3 Å². The minimum atomic E-state index is 0.290. The van der Waals surface area contributed by atoms with Crippen molar-refractivity contribution in [2.45, 2.75) is 45.7 Å². The van der Waals surface area contributed by atoms with Gasteiger partial charge in [0.2, 0.25) is 0 Å². The van der Waals surface area contributed by atoms with E-state index in [4.69, 9.17) is 5.73 Å². The molecule has 0 spiro atoms. The number of nitrogens with two attached hydrogens (primary N) is 1. The van der Waals surface area contributed by atoms with Crippen LogP contribution in [0.2, 0.25) is 0 Å². The number of nitrogens with zero attached hydrogens (tertiary/aromatic N) is 1. The molecule has 2 unspecified atom stereocenters. The second-order valence-corrected chi connectivity index (χ2v) is 6.06. The largest absolute Gasteiger partial charge is 0.327 e. The van der Waals surface area contributed by atoms with E-state index in [0.717, 1.165) is 18.8 Å². The number of thiazole rings is 1. The van der Waals surface area contributed by atoms with Crippen LogP contribution in [0.25, 0.3) is 0 Å². The first-order chi connectivity index (χ1) is 7.62. The summed E-state index contributed by atoms with van der Waals surface area (Å²) >= 11 is 1.73. The maximum absolute atomic E-state index is 6.15. The van der Waals surface area contributed by atoms with Crippen molar-refractivity contribution in [1.29, 1.82) is 0 Å². The number of aromatic nitrogens is 1. The molecule has 2 rings (SSSR count). The maximum atomic E-state index is 6.15. The highest BCUT2D eigenvalue weighted by Gasteiger charge is 2.35. The van der Waals surface area contributed by atoms with Crippen molar-refractivity contribution in [1.82, 2.24) is 10.3 Å². The predicted octanol–water partition coefficient (Wildman–Crippen LogP) is 2.06. The molecule has 0 aliphatic heterocycles. The molecule has 90 valence electrons. The SMILES string of the molecule is Cc1ncsc1CNCC1(C)CCCC1N. The van der Waals surface area contributed by atoms with Crippen molar-refractivity contribution in [2.24, 2.45) is 11.1 Å². The first kappa shape index (κ1) is 12.0. The third-order valence-corrected chi connectivity index (χ3v) is 4.75. The minimum absolute atomic E-state index is 0.290. The van der Waals surface area contributed by atoms with Crippen molar-refractivity contribution in [3.8, 4) is 0 Å². The first-order valence-electron chi connectivity index (χ1n) is 5.97. The lowest BCUT2D eigenvalue weighted by Crippen LogP contribution is -2.42.